The first-order valence-electron chi connectivity index (χ1n) is 9.67. The third-order valence-corrected chi connectivity index (χ3v) is 4.69. The summed E-state index contributed by atoms with van der Waals surface area (Å²) >= 11 is 0. The number of hydrazine groups is 1. The minimum Gasteiger partial charge on any atom is -0.370 e. The molecule has 0 atom stereocenters. The Morgan fingerprint density at radius 1 is 0.929 bits per heavy atom. The molecule has 0 aliphatic rings. The average Bonchev–Trinajstić information content (AvgIpc) is 2.71. The second-order valence-electron chi connectivity index (χ2n) is 6.79. The molecule has 4 N–H and O–H groups in total. The van der Waals surface area contributed by atoms with Crippen molar-refractivity contribution in [3.05, 3.63) is 65.2 Å². The average molecular weight is 383 g/mol. The molecule has 6 nitrogen and oxygen atoms in total. The number of hydrogen-bond donors (Lipinski definition) is 3. The van der Waals surface area contributed by atoms with Crippen LogP contribution in [0.25, 0.3) is 0 Å². The van der Waals surface area contributed by atoms with E-state index in [-0.39, 0.29) is 11.8 Å². The van der Waals surface area contributed by atoms with Crippen LogP contribution in [0, 0.1) is 0 Å². The van der Waals surface area contributed by atoms with E-state index < -0.39 is 0 Å². The number of likely N-dealkylation sites (N-methyl/N-ethyl adjacent to an activating group) is 1. The zero-order chi connectivity index (χ0) is 20.4. The lowest BCUT2D eigenvalue weighted by Gasteiger charge is -2.23. The van der Waals surface area contributed by atoms with Crippen molar-refractivity contribution in [1.82, 2.24) is 10.7 Å². The predicted molar refractivity (Wildman–Crippen MR) is 113 cm³/mol. The summed E-state index contributed by atoms with van der Waals surface area (Å²) in [6.07, 6.45) is 2.21. The van der Waals surface area contributed by atoms with Gasteiger partial charge in [-0.15, -0.1) is 0 Å². The maximum atomic E-state index is 11.3. The van der Waals surface area contributed by atoms with Crippen molar-refractivity contribution in [1.29, 1.82) is 0 Å². The molecular weight excluding hydrogens is 352 g/mol. The quantitative estimate of drug-likeness (QED) is 0.333. The highest BCUT2D eigenvalue weighted by Crippen LogP contribution is 2.16. The minimum atomic E-state index is -0.189. The van der Waals surface area contributed by atoms with Crippen molar-refractivity contribution in [3.8, 4) is 0 Å². The smallest absolute Gasteiger partial charge is 0.238 e. The van der Waals surface area contributed by atoms with Gasteiger partial charge in [-0.1, -0.05) is 36.4 Å². The van der Waals surface area contributed by atoms with Crippen LogP contribution in [0.15, 0.2) is 48.5 Å². The molecule has 2 aromatic rings. The third kappa shape index (κ3) is 7.04. The summed E-state index contributed by atoms with van der Waals surface area (Å²) in [5, 5.41) is 2.84. The lowest BCUT2D eigenvalue weighted by molar-refractivity contribution is -0.120. The van der Waals surface area contributed by atoms with Gasteiger partial charge in [0, 0.05) is 32.2 Å². The molecule has 28 heavy (non-hydrogen) atoms. The maximum Gasteiger partial charge on any atom is 0.238 e. The second-order valence-corrected chi connectivity index (χ2v) is 6.79. The van der Waals surface area contributed by atoms with Crippen LogP contribution in [-0.2, 0) is 28.9 Å². The highest BCUT2D eigenvalue weighted by atomic mass is 16.2. The van der Waals surface area contributed by atoms with Gasteiger partial charge in [0.15, 0.2) is 0 Å². The lowest BCUT2D eigenvalue weighted by atomic mass is 10.0. The number of carbonyl (C=O) groups excluding carboxylic acids is 2. The van der Waals surface area contributed by atoms with Crippen molar-refractivity contribution in [3.63, 3.8) is 0 Å². The maximum absolute atomic E-state index is 11.3. The Labute approximate surface area is 167 Å². The van der Waals surface area contributed by atoms with Gasteiger partial charge in [-0.2, -0.15) is 0 Å². The molecule has 0 bridgehead atoms. The fourth-order valence-electron chi connectivity index (χ4n) is 3.06. The Hall–Kier alpha value is -2.86. The molecule has 2 aromatic carbocycles. The minimum absolute atomic E-state index is 0.00193. The molecule has 0 radical (unpaired) electrons. The monoisotopic (exact) mass is 382 g/mol. The van der Waals surface area contributed by atoms with Crippen LogP contribution in [0.5, 0.6) is 0 Å². The van der Waals surface area contributed by atoms with Gasteiger partial charge in [-0.3, -0.25) is 15.0 Å². The zero-order valence-electron chi connectivity index (χ0n) is 16.7. The molecule has 0 spiro atoms. The number of benzene rings is 2. The van der Waals surface area contributed by atoms with Crippen LogP contribution in [0.4, 0.5) is 5.69 Å². The summed E-state index contributed by atoms with van der Waals surface area (Å²) in [4.78, 5) is 24.6. The number of nitrogens with one attached hydrogen (secondary N) is 2. The first-order chi connectivity index (χ1) is 13.5. The van der Waals surface area contributed by atoms with Crippen molar-refractivity contribution < 1.29 is 9.59 Å². The predicted octanol–water partition coefficient (Wildman–Crippen LogP) is 1.97. The number of rotatable bonds is 10. The number of hydrogen-bond acceptors (Lipinski definition) is 4. The Morgan fingerprint density at radius 3 is 1.96 bits per heavy atom. The molecule has 0 heterocycles. The van der Waals surface area contributed by atoms with Crippen molar-refractivity contribution >= 4 is 17.5 Å². The molecule has 0 saturated heterocycles. The Morgan fingerprint density at radius 2 is 1.46 bits per heavy atom. The number of nitrogens with two attached hydrogens (primary N) is 1. The van der Waals surface area contributed by atoms with Gasteiger partial charge in [0.2, 0.25) is 11.8 Å². The molecule has 0 fully saturated rings. The van der Waals surface area contributed by atoms with Gasteiger partial charge in [0.05, 0.1) is 6.42 Å². The van der Waals surface area contributed by atoms with Crippen LogP contribution in [0.1, 0.15) is 30.5 Å². The van der Waals surface area contributed by atoms with E-state index in [9.17, 15) is 9.59 Å². The van der Waals surface area contributed by atoms with E-state index in [1.54, 1.807) is 0 Å². The number of aryl methyl sites for hydroxylation is 2. The van der Waals surface area contributed by atoms with Crippen molar-refractivity contribution in [2.75, 3.05) is 24.5 Å². The Kier molecular flexibility index (Phi) is 8.49. The van der Waals surface area contributed by atoms with Crippen LogP contribution < -0.4 is 21.5 Å². The summed E-state index contributed by atoms with van der Waals surface area (Å²) in [5.41, 5.74) is 6.79. The van der Waals surface area contributed by atoms with E-state index in [0.717, 1.165) is 31.5 Å². The number of carbonyl (C=O) groups is 2. The molecule has 0 aliphatic carbocycles. The molecule has 0 aliphatic heterocycles. The molecule has 150 valence electrons. The van der Waals surface area contributed by atoms with Gasteiger partial charge in [0.25, 0.3) is 0 Å². The van der Waals surface area contributed by atoms with Crippen LogP contribution in [0.2, 0.25) is 0 Å². The van der Waals surface area contributed by atoms with E-state index in [1.807, 2.05) is 12.1 Å². The van der Waals surface area contributed by atoms with E-state index in [0.29, 0.717) is 13.0 Å². The van der Waals surface area contributed by atoms with E-state index in [4.69, 9.17) is 5.84 Å². The van der Waals surface area contributed by atoms with Gasteiger partial charge < -0.3 is 10.2 Å². The zero-order valence-corrected chi connectivity index (χ0v) is 16.7. The van der Waals surface area contributed by atoms with Gasteiger partial charge >= 0.3 is 0 Å². The van der Waals surface area contributed by atoms with Crippen LogP contribution in [0.3, 0.4) is 0 Å². The number of nitrogens with zero attached hydrogens (tertiary/aromatic N) is 1. The molecule has 0 saturated carbocycles. The van der Waals surface area contributed by atoms with Gasteiger partial charge in [-0.25, -0.2) is 5.84 Å². The first-order valence-corrected chi connectivity index (χ1v) is 9.67. The van der Waals surface area contributed by atoms with Gasteiger partial charge in [0.1, 0.15) is 0 Å². The molecule has 2 rings (SSSR count). The number of anilines is 1. The summed E-state index contributed by atoms with van der Waals surface area (Å²) in [7, 11) is 0. The summed E-state index contributed by atoms with van der Waals surface area (Å²) < 4.78 is 0. The normalized spacial score (nSPS) is 10.4. The Balaban J connectivity index is 1.86. The second kappa shape index (κ2) is 11.1. The fraction of sp³-hybridized carbons (Fsp3) is 0.364. The lowest BCUT2D eigenvalue weighted by Crippen LogP contribution is -2.33. The Bertz CT molecular complexity index is 757. The van der Waals surface area contributed by atoms with E-state index in [2.05, 4.69) is 59.0 Å². The molecule has 2 amide bonds. The molecular formula is C22H30N4O2. The topological polar surface area (TPSA) is 87.5 Å². The molecule has 0 unspecified atom stereocenters. The summed E-state index contributed by atoms with van der Waals surface area (Å²) in [6, 6.07) is 16.7. The highest BCUT2D eigenvalue weighted by Gasteiger charge is 2.05. The van der Waals surface area contributed by atoms with Crippen LogP contribution in [-0.4, -0.2) is 31.4 Å². The molecule has 0 aromatic heterocycles. The largest absolute Gasteiger partial charge is 0.370 e. The fourth-order valence-corrected chi connectivity index (χ4v) is 3.06. The van der Waals surface area contributed by atoms with E-state index in [1.165, 1.54) is 23.7 Å². The first kappa shape index (κ1) is 21.4. The third-order valence-electron chi connectivity index (χ3n) is 4.69. The summed E-state index contributed by atoms with van der Waals surface area (Å²) in [6.45, 7) is 5.99. The summed E-state index contributed by atoms with van der Waals surface area (Å²) in [5.74, 6) is 4.93. The van der Waals surface area contributed by atoms with Crippen molar-refractivity contribution in [2.45, 2.75) is 33.1 Å². The van der Waals surface area contributed by atoms with Gasteiger partial charge in [-0.05, 0) is 48.6 Å². The SMILES string of the molecule is CCN(CCNC(C)=O)c1ccc(CCc2ccc(CC(=O)NN)cc2)cc1. The van der Waals surface area contributed by atoms with E-state index >= 15 is 0 Å². The number of amides is 2. The highest BCUT2D eigenvalue weighted by molar-refractivity contribution is 5.77. The standard InChI is InChI=1S/C22H30N4O2/c1-3-26(15-14-24-17(2)27)21-12-10-19(11-13-21)5-4-18-6-8-20(9-7-18)16-22(28)25-23/h6-13H,3-5,14-16,23H2,1-2H3,(H,24,27)(H,25,28). The molecule has 6 heteroatoms. The van der Waals surface area contributed by atoms with Crippen LogP contribution >= 0.6 is 0 Å². The van der Waals surface area contributed by atoms with Crippen molar-refractivity contribution in [2.24, 2.45) is 5.84 Å².